The lowest BCUT2D eigenvalue weighted by atomic mass is 10.3. The minimum absolute atomic E-state index is 0.0155. The number of anilines is 1. The van der Waals surface area contributed by atoms with Crippen LogP contribution in [0.2, 0.25) is 0 Å². The van der Waals surface area contributed by atoms with Crippen molar-refractivity contribution in [1.29, 1.82) is 10.5 Å². The molecule has 0 aliphatic heterocycles. The maximum Gasteiger partial charge on any atom is 0.145 e. The standard InChI is InChI=1S/C10H4Br3N3/c11-7-1-8(12)10(9(13)2-7)16-5-6(3-14)4-15/h1-2,5,16H. The second-order valence-electron chi connectivity index (χ2n) is 2.67. The first kappa shape index (κ1) is 13.2. The zero-order valence-electron chi connectivity index (χ0n) is 7.76. The van der Waals surface area contributed by atoms with Gasteiger partial charge in [-0.05, 0) is 44.0 Å². The fraction of sp³-hybridized carbons (Fsp3) is 0. The summed E-state index contributed by atoms with van der Waals surface area (Å²) in [6.07, 6.45) is 1.36. The number of hydrogen-bond donors (Lipinski definition) is 1. The maximum absolute atomic E-state index is 8.58. The third-order valence-corrected chi connectivity index (χ3v) is 3.32. The summed E-state index contributed by atoms with van der Waals surface area (Å²) in [7, 11) is 0. The number of halogens is 3. The van der Waals surface area contributed by atoms with Crippen LogP contribution in [0.4, 0.5) is 5.69 Å². The molecule has 6 heteroatoms. The summed E-state index contributed by atoms with van der Waals surface area (Å²) in [6.45, 7) is 0. The lowest BCUT2D eigenvalue weighted by Crippen LogP contribution is -1.92. The van der Waals surface area contributed by atoms with Crippen LogP contribution in [-0.4, -0.2) is 0 Å². The summed E-state index contributed by atoms with van der Waals surface area (Å²) >= 11 is 10.1. The average molecular weight is 406 g/mol. The number of hydrogen-bond acceptors (Lipinski definition) is 3. The Morgan fingerprint density at radius 1 is 1.12 bits per heavy atom. The van der Waals surface area contributed by atoms with Crippen LogP contribution in [0, 0.1) is 22.7 Å². The maximum atomic E-state index is 8.58. The SMILES string of the molecule is N#CC(C#N)=CNc1c(Br)cc(Br)cc1Br. The van der Waals surface area contributed by atoms with Gasteiger partial charge in [-0.2, -0.15) is 10.5 Å². The van der Waals surface area contributed by atoms with Gasteiger partial charge in [0, 0.05) is 19.6 Å². The molecule has 1 aromatic carbocycles. The van der Waals surface area contributed by atoms with Crippen molar-refractivity contribution in [2.45, 2.75) is 0 Å². The van der Waals surface area contributed by atoms with Crippen molar-refractivity contribution < 1.29 is 0 Å². The summed E-state index contributed by atoms with van der Waals surface area (Å²) in [6, 6.07) is 7.26. The quantitative estimate of drug-likeness (QED) is 0.745. The highest BCUT2D eigenvalue weighted by Crippen LogP contribution is 2.34. The lowest BCUT2D eigenvalue weighted by molar-refractivity contribution is 1.43. The number of nitrogens with one attached hydrogen (secondary N) is 1. The summed E-state index contributed by atoms with van der Waals surface area (Å²) < 4.78 is 2.56. The Balaban J connectivity index is 3.05. The molecule has 0 radical (unpaired) electrons. The average Bonchev–Trinajstić information content (AvgIpc) is 2.22. The van der Waals surface area contributed by atoms with Gasteiger partial charge in [-0.25, -0.2) is 0 Å². The van der Waals surface area contributed by atoms with E-state index in [0.29, 0.717) is 0 Å². The molecule has 1 rings (SSSR count). The molecule has 16 heavy (non-hydrogen) atoms. The third kappa shape index (κ3) is 3.34. The number of nitrogens with zero attached hydrogens (tertiary/aromatic N) is 2. The highest BCUT2D eigenvalue weighted by Gasteiger charge is 2.05. The predicted octanol–water partition coefficient (Wildman–Crippen LogP) is 4.32. The Bertz CT molecular complexity index is 484. The Hall–Kier alpha value is -0.820. The van der Waals surface area contributed by atoms with Gasteiger partial charge in [0.25, 0.3) is 0 Å². The van der Waals surface area contributed by atoms with E-state index < -0.39 is 0 Å². The Morgan fingerprint density at radius 3 is 2.06 bits per heavy atom. The molecule has 1 aromatic rings. The summed E-state index contributed by atoms with van der Waals surface area (Å²) in [5, 5.41) is 20.0. The van der Waals surface area contributed by atoms with Gasteiger partial charge in [0.1, 0.15) is 17.7 Å². The first-order valence-electron chi connectivity index (χ1n) is 4.00. The van der Waals surface area contributed by atoms with E-state index in [1.165, 1.54) is 6.20 Å². The van der Waals surface area contributed by atoms with Gasteiger partial charge in [0.05, 0.1) is 5.69 Å². The van der Waals surface area contributed by atoms with Crippen molar-refractivity contribution in [2.24, 2.45) is 0 Å². The highest BCUT2D eigenvalue weighted by atomic mass is 79.9. The predicted molar refractivity (Wildman–Crippen MR) is 72.5 cm³/mol. The van der Waals surface area contributed by atoms with Crippen LogP contribution in [0.15, 0.2) is 37.3 Å². The van der Waals surface area contributed by atoms with Gasteiger partial charge in [-0.1, -0.05) is 15.9 Å². The molecule has 1 N–H and O–H groups in total. The van der Waals surface area contributed by atoms with E-state index in [4.69, 9.17) is 10.5 Å². The molecule has 80 valence electrons. The smallest absolute Gasteiger partial charge is 0.145 e. The Kier molecular flexibility index (Phi) is 5.01. The van der Waals surface area contributed by atoms with Crippen LogP contribution in [-0.2, 0) is 0 Å². The summed E-state index contributed by atoms with van der Waals surface area (Å²) in [5.41, 5.74) is 0.771. The molecule has 0 heterocycles. The fourth-order valence-corrected chi connectivity index (χ4v) is 3.40. The van der Waals surface area contributed by atoms with Crippen molar-refractivity contribution >= 4 is 53.5 Å². The summed E-state index contributed by atoms with van der Waals surface area (Å²) in [4.78, 5) is 0. The van der Waals surface area contributed by atoms with Gasteiger partial charge in [0.15, 0.2) is 0 Å². The molecule has 0 aliphatic carbocycles. The van der Waals surface area contributed by atoms with Crippen LogP contribution in [0.25, 0.3) is 0 Å². The molecular weight excluding hydrogens is 402 g/mol. The molecule has 3 nitrogen and oxygen atoms in total. The van der Waals surface area contributed by atoms with E-state index in [9.17, 15) is 0 Å². The molecule has 0 amide bonds. The second kappa shape index (κ2) is 6.05. The normalized spacial score (nSPS) is 8.81. The first-order chi connectivity index (χ1) is 7.58. The molecular formula is C10H4Br3N3. The molecule has 0 fully saturated rings. The highest BCUT2D eigenvalue weighted by molar-refractivity contribution is 9.11. The topological polar surface area (TPSA) is 59.6 Å². The third-order valence-electron chi connectivity index (χ3n) is 1.61. The van der Waals surface area contributed by atoms with Crippen LogP contribution in [0.1, 0.15) is 0 Å². The molecule has 0 aromatic heterocycles. The van der Waals surface area contributed by atoms with Crippen LogP contribution in [0.5, 0.6) is 0 Å². The van der Waals surface area contributed by atoms with Crippen molar-refractivity contribution in [2.75, 3.05) is 5.32 Å². The minimum atomic E-state index is 0.0155. The van der Waals surface area contributed by atoms with Crippen molar-refractivity contribution in [3.05, 3.63) is 37.3 Å². The van der Waals surface area contributed by atoms with Crippen LogP contribution in [0.3, 0.4) is 0 Å². The number of rotatable bonds is 2. The molecule has 0 saturated carbocycles. The monoisotopic (exact) mass is 403 g/mol. The lowest BCUT2D eigenvalue weighted by Gasteiger charge is -2.07. The van der Waals surface area contributed by atoms with E-state index in [-0.39, 0.29) is 5.57 Å². The van der Waals surface area contributed by atoms with E-state index in [1.807, 2.05) is 12.1 Å². The largest absolute Gasteiger partial charge is 0.358 e. The Labute approximate surface area is 118 Å². The van der Waals surface area contributed by atoms with Crippen molar-refractivity contribution in [3.8, 4) is 12.1 Å². The number of allylic oxidation sites excluding steroid dienone is 1. The first-order valence-corrected chi connectivity index (χ1v) is 6.38. The summed E-state index contributed by atoms with van der Waals surface area (Å²) in [5.74, 6) is 0. The molecule has 0 atom stereocenters. The van der Waals surface area contributed by atoms with Gasteiger partial charge in [-0.15, -0.1) is 0 Å². The van der Waals surface area contributed by atoms with Gasteiger partial charge in [-0.3, -0.25) is 0 Å². The zero-order valence-corrected chi connectivity index (χ0v) is 12.5. The van der Waals surface area contributed by atoms with E-state index in [2.05, 4.69) is 53.1 Å². The molecule has 0 spiro atoms. The van der Waals surface area contributed by atoms with E-state index in [0.717, 1.165) is 19.1 Å². The van der Waals surface area contributed by atoms with Gasteiger partial charge < -0.3 is 5.32 Å². The van der Waals surface area contributed by atoms with E-state index in [1.54, 1.807) is 12.1 Å². The molecule has 0 unspecified atom stereocenters. The van der Waals surface area contributed by atoms with E-state index >= 15 is 0 Å². The number of benzene rings is 1. The second-order valence-corrected chi connectivity index (χ2v) is 5.29. The van der Waals surface area contributed by atoms with Crippen molar-refractivity contribution in [1.82, 2.24) is 0 Å². The molecule has 0 bridgehead atoms. The number of nitriles is 2. The Morgan fingerprint density at radius 2 is 1.62 bits per heavy atom. The van der Waals surface area contributed by atoms with Gasteiger partial charge >= 0.3 is 0 Å². The van der Waals surface area contributed by atoms with Crippen LogP contribution >= 0.6 is 47.8 Å². The fourth-order valence-electron chi connectivity index (χ4n) is 0.914. The molecule has 0 saturated heterocycles. The van der Waals surface area contributed by atoms with Gasteiger partial charge in [0.2, 0.25) is 0 Å². The van der Waals surface area contributed by atoms with Crippen molar-refractivity contribution in [3.63, 3.8) is 0 Å². The molecule has 0 aliphatic rings. The van der Waals surface area contributed by atoms with Crippen LogP contribution < -0.4 is 5.32 Å². The zero-order chi connectivity index (χ0) is 12.1. The minimum Gasteiger partial charge on any atom is -0.358 e.